The minimum absolute atomic E-state index is 0.158. The molecular formula is C12H21N3O2. The molecule has 0 saturated heterocycles. The number of rotatable bonds is 7. The second-order valence-electron chi connectivity index (χ2n) is 4.17. The molecule has 0 saturated carbocycles. The fourth-order valence-electron chi connectivity index (χ4n) is 1.46. The van der Waals surface area contributed by atoms with Gasteiger partial charge in [-0.05, 0) is 13.3 Å². The molecule has 0 aliphatic heterocycles. The molecule has 1 heterocycles. The number of carbonyl (C=O) groups excluding carboxylic acids is 1. The van der Waals surface area contributed by atoms with Crippen LogP contribution in [0.15, 0.2) is 10.6 Å². The molecule has 0 unspecified atom stereocenters. The molecule has 0 fully saturated rings. The van der Waals surface area contributed by atoms with Crippen LogP contribution in [0.25, 0.3) is 0 Å². The van der Waals surface area contributed by atoms with Gasteiger partial charge in [0.05, 0.1) is 0 Å². The van der Waals surface area contributed by atoms with E-state index in [4.69, 9.17) is 4.52 Å². The topological polar surface area (TPSA) is 58.4 Å². The van der Waals surface area contributed by atoms with Gasteiger partial charge in [0.1, 0.15) is 5.76 Å². The lowest BCUT2D eigenvalue weighted by Gasteiger charge is -2.16. The highest BCUT2D eigenvalue weighted by atomic mass is 16.5. The fourth-order valence-corrected chi connectivity index (χ4v) is 1.46. The van der Waals surface area contributed by atoms with E-state index in [9.17, 15) is 4.79 Å². The van der Waals surface area contributed by atoms with Gasteiger partial charge < -0.3 is 14.7 Å². The number of anilines is 1. The molecule has 1 aromatic heterocycles. The van der Waals surface area contributed by atoms with E-state index < -0.39 is 0 Å². The number of nitrogens with one attached hydrogen (secondary N) is 1. The Hall–Kier alpha value is -1.52. The van der Waals surface area contributed by atoms with Gasteiger partial charge in [0.2, 0.25) is 5.91 Å². The summed E-state index contributed by atoms with van der Waals surface area (Å²) in [4.78, 5) is 13.5. The first-order chi connectivity index (χ1) is 8.13. The monoisotopic (exact) mass is 239 g/mol. The van der Waals surface area contributed by atoms with E-state index in [2.05, 4.69) is 17.4 Å². The minimum atomic E-state index is 0.158. The minimum Gasteiger partial charge on any atom is -0.367 e. The Bertz CT molecular complexity index is 349. The molecule has 17 heavy (non-hydrogen) atoms. The first kappa shape index (κ1) is 13.5. The van der Waals surface area contributed by atoms with E-state index in [0.717, 1.165) is 25.1 Å². The summed E-state index contributed by atoms with van der Waals surface area (Å²) in [5.74, 6) is 1.61. The Morgan fingerprint density at radius 1 is 1.59 bits per heavy atom. The number of unbranched alkanes of at least 4 members (excludes halogenated alkanes) is 1. The van der Waals surface area contributed by atoms with Crippen LogP contribution < -0.4 is 5.32 Å². The standard InChI is InChI=1S/C12H21N3O2/c1-4-5-8-15(3)12(16)6-7-13-11-9-10(2)17-14-11/h9H,4-8H2,1-3H3,(H,13,14). The van der Waals surface area contributed by atoms with E-state index in [1.165, 1.54) is 0 Å². The van der Waals surface area contributed by atoms with Crippen LogP contribution in [0.5, 0.6) is 0 Å². The largest absolute Gasteiger partial charge is 0.367 e. The molecule has 0 aliphatic carbocycles. The Balaban J connectivity index is 2.19. The van der Waals surface area contributed by atoms with Crippen LogP contribution in [0.4, 0.5) is 5.82 Å². The Labute approximate surface area is 102 Å². The average molecular weight is 239 g/mol. The van der Waals surface area contributed by atoms with Gasteiger partial charge in [0.15, 0.2) is 5.82 Å². The summed E-state index contributed by atoms with van der Waals surface area (Å²) in [6.07, 6.45) is 2.64. The van der Waals surface area contributed by atoms with Crippen molar-refractivity contribution in [2.24, 2.45) is 0 Å². The van der Waals surface area contributed by atoms with E-state index in [0.29, 0.717) is 18.8 Å². The number of hydrogen-bond donors (Lipinski definition) is 1. The average Bonchev–Trinajstić information content (AvgIpc) is 2.71. The fraction of sp³-hybridized carbons (Fsp3) is 0.667. The molecule has 96 valence electrons. The van der Waals surface area contributed by atoms with Crippen molar-refractivity contribution < 1.29 is 9.32 Å². The Kier molecular flexibility index (Phi) is 5.52. The van der Waals surface area contributed by atoms with Crippen molar-refractivity contribution in [3.05, 3.63) is 11.8 Å². The zero-order valence-corrected chi connectivity index (χ0v) is 10.8. The van der Waals surface area contributed by atoms with Gasteiger partial charge in [-0.3, -0.25) is 4.79 Å². The molecule has 1 amide bonds. The second-order valence-corrected chi connectivity index (χ2v) is 4.17. The van der Waals surface area contributed by atoms with E-state index in [-0.39, 0.29) is 5.91 Å². The van der Waals surface area contributed by atoms with Gasteiger partial charge in [0, 0.05) is 32.6 Å². The van der Waals surface area contributed by atoms with Gasteiger partial charge in [-0.25, -0.2) is 0 Å². The zero-order valence-electron chi connectivity index (χ0n) is 10.8. The molecule has 5 heteroatoms. The third kappa shape index (κ3) is 4.89. The summed E-state index contributed by atoms with van der Waals surface area (Å²) >= 11 is 0. The summed E-state index contributed by atoms with van der Waals surface area (Å²) in [7, 11) is 1.85. The lowest BCUT2D eigenvalue weighted by atomic mass is 10.3. The van der Waals surface area contributed by atoms with Crippen LogP contribution in [0.2, 0.25) is 0 Å². The third-order valence-corrected chi connectivity index (χ3v) is 2.55. The SMILES string of the molecule is CCCCN(C)C(=O)CCNc1cc(C)on1. The quantitative estimate of drug-likeness (QED) is 0.791. The highest BCUT2D eigenvalue weighted by Gasteiger charge is 2.07. The first-order valence-corrected chi connectivity index (χ1v) is 6.04. The number of nitrogens with zero attached hydrogens (tertiary/aromatic N) is 2. The smallest absolute Gasteiger partial charge is 0.224 e. The molecular weight excluding hydrogens is 218 g/mol. The molecule has 5 nitrogen and oxygen atoms in total. The second kappa shape index (κ2) is 6.93. The van der Waals surface area contributed by atoms with Crippen molar-refractivity contribution >= 4 is 11.7 Å². The Morgan fingerprint density at radius 2 is 2.35 bits per heavy atom. The maximum absolute atomic E-state index is 11.7. The number of aromatic nitrogens is 1. The molecule has 1 aromatic rings. The van der Waals surface area contributed by atoms with E-state index >= 15 is 0 Å². The molecule has 0 aliphatic rings. The highest BCUT2D eigenvalue weighted by Crippen LogP contribution is 2.06. The normalized spacial score (nSPS) is 10.3. The number of amides is 1. The van der Waals surface area contributed by atoms with Gasteiger partial charge in [0.25, 0.3) is 0 Å². The lowest BCUT2D eigenvalue weighted by molar-refractivity contribution is -0.129. The third-order valence-electron chi connectivity index (χ3n) is 2.55. The molecule has 0 aromatic carbocycles. The van der Waals surface area contributed by atoms with Crippen molar-refractivity contribution in [3.63, 3.8) is 0 Å². The molecule has 0 atom stereocenters. The predicted octanol–water partition coefficient (Wildman–Crippen LogP) is 2.04. The first-order valence-electron chi connectivity index (χ1n) is 6.04. The predicted molar refractivity (Wildman–Crippen MR) is 66.9 cm³/mol. The maximum Gasteiger partial charge on any atom is 0.224 e. The van der Waals surface area contributed by atoms with Crippen LogP contribution in [0.3, 0.4) is 0 Å². The van der Waals surface area contributed by atoms with Crippen molar-refractivity contribution in [3.8, 4) is 0 Å². The van der Waals surface area contributed by atoms with Crippen LogP contribution in [-0.4, -0.2) is 36.1 Å². The molecule has 1 rings (SSSR count). The van der Waals surface area contributed by atoms with Crippen molar-refractivity contribution in [1.82, 2.24) is 10.1 Å². The van der Waals surface area contributed by atoms with Crippen molar-refractivity contribution in [1.29, 1.82) is 0 Å². The van der Waals surface area contributed by atoms with Gasteiger partial charge in [-0.2, -0.15) is 0 Å². The molecule has 0 bridgehead atoms. The summed E-state index contributed by atoms with van der Waals surface area (Å²) in [5.41, 5.74) is 0. The lowest BCUT2D eigenvalue weighted by Crippen LogP contribution is -2.29. The Morgan fingerprint density at radius 3 is 2.94 bits per heavy atom. The maximum atomic E-state index is 11.7. The number of hydrogen-bond acceptors (Lipinski definition) is 4. The number of aryl methyl sites for hydroxylation is 1. The van der Waals surface area contributed by atoms with Gasteiger partial charge in [-0.1, -0.05) is 18.5 Å². The zero-order chi connectivity index (χ0) is 12.7. The van der Waals surface area contributed by atoms with Crippen LogP contribution in [-0.2, 0) is 4.79 Å². The van der Waals surface area contributed by atoms with E-state index in [1.54, 1.807) is 4.90 Å². The van der Waals surface area contributed by atoms with Gasteiger partial charge >= 0.3 is 0 Å². The number of carbonyl (C=O) groups is 1. The highest BCUT2D eigenvalue weighted by molar-refractivity contribution is 5.76. The molecule has 0 spiro atoms. The van der Waals surface area contributed by atoms with Crippen LogP contribution in [0, 0.1) is 6.92 Å². The van der Waals surface area contributed by atoms with E-state index in [1.807, 2.05) is 20.0 Å². The molecule has 1 N–H and O–H groups in total. The summed E-state index contributed by atoms with van der Waals surface area (Å²) in [5, 5.41) is 6.85. The summed E-state index contributed by atoms with van der Waals surface area (Å²) in [6, 6.07) is 1.81. The summed E-state index contributed by atoms with van der Waals surface area (Å²) < 4.78 is 4.91. The van der Waals surface area contributed by atoms with Crippen molar-refractivity contribution in [2.45, 2.75) is 33.1 Å². The van der Waals surface area contributed by atoms with Crippen LogP contribution >= 0.6 is 0 Å². The van der Waals surface area contributed by atoms with Crippen molar-refractivity contribution in [2.75, 3.05) is 25.5 Å². The van der Waals surface area contributed by atoms with Crippen LogP contribution in [0.1, 0.15) is 31.9 Å². The van der Waals surface area contributed by atoms with Gasteiger partial charge in [-0.15, -0.1) is 0 Å². The summed E-state index contributed by atoms with van der Waals surface area (Å²) in [6.45, 7) is 5.37. The molecule has 0 radical (unpaired) electrons.